The van der Waals surface area contributed by atoms with Crippen LogP contribution >= 0.6 is 11.3 Å². The van der Waals surface area contributed by atoms with Crippen LogP contribution in [0.4, 0.5) is 0 Å². The molecule has 0 unspecified atom stereocenters. The van der Waals surface area contributed by atoms with Crippen molar-refractivity contribution in [3.63, 3.8) is 0 Å². The number of likely N-dealkylation sites (N-methyl/N-ethyl adjacent to an activating group) is 1. The number of hydrogen-bond acceptors (Lipinski definition) is 5. The van der Waals surface area contributed by atoms with Gasteiger partial charge in [0, 0.05) is 25.9 Å². The molecule has 0 aromatic carbocycles. The first-order valence-corrected chi connectivity index (χ1v) is 9.06. The van der Waals surface area contributed by atoms with Crippen molar-refractivity contribution in [3.8, 4) is 0 Å². The molecule has 0 saturated carbocycles. The van der Waals surface area contributed by atoms with E-state index in [0.29, 0.717) is 6.54 Å². The van der Waals surface area contributed by atoms with Crippen LogP contribution in [0.2, 0.25) is 0 Å². The predicted molar refractivity (Wildman–Crippen MR) is 78.1 cm³/mol. The number of hydrogen-bond donors (Lipinski definition) is 1. The molecule has 0 bridgehead atoms. The highest BCUT2D eigenvalue weighted by Crippen LogP contribution is 2.05. The fraction of sp³-hybridized carbons (Fsp3) is 0.667. The summed E-state index contributed by atoms with van der Waals surface area (Å²) < 4.78 is 22.0. The monoisotopic (exact) mass is 290 g/mol. The Hall–Kier alpha value is -0.430. The fourth-order valence-electron chi connectivity index (χ4n) is 1.50. The van der Waals surface area contributed by atoms with Crippen LogP contribution < -0.4 is 5.32 Å². The molecule has 0 amide bonds. The molecular weight excluding hydrogens is 268 g/mol. The Kier molecular flexibility index (Phi) is 6.85. The lowest BCUT2D eigenvalue weighted by Crippen LogP contribution is -2.33. The van der Waals surface area contributed by atoms with Gasteiger partial charge >= 0.3 is 0 Å². The fourth-order valence-corrected chi connectivity index (χ4v) is 2.84. The molecule has 0 atom stereocenters. The number of thiophene rings is 1. The molecule has 0 saturated heterocycles. The van der Waals surface area contributed by atoms with Crippen molar-refractivity contribution >= 4 is 21.2 Å². The van der Waals surface area contributed by atoms with E-state index in [0.717, 1.165) is 26.1 Å². The minimum absolute atomic E-state index is 0.235. The van der Waals surface area contributed by atoms with Gasteiger partial charge in [-0.1, -0.05) is 0 Å². The highest BCUT2D eigenvalue weighted by Gasteiger charge is 2.04. The van der Waals surface area contributed by atoms with Gasteiger partial charge in [-0.25, -0.2) is 8.42 Å². The van der Waals surface area contributed by atoms with E-state index < -0.39 is 9.84 Å². The lowest BCUT2D eigenvalue weighted by Gasteiger charge is -2.16. The van der Waals surface area contributed by atoms with Crippen LogP contribution in [0.3, 0.4) is 0 Å². The number of nitrogens with zero attached hydrogens (tertiary/aromatic N) is 1. The normalized spacial score (nSPS) is 12.2. The van der Waals surface area contributed by atoms with E-state index in [1.807, 2.05) is 11.9 Å². The highest BCUT2D eigenvalue weighted by atomic mass is 32.2. The van der Waals surface area contributed by atoms with Crippen LogP contribution in [0.25, 0.3) is 0 Å². The Morgan fingerprint density at radius 2 is 2.11 bits per heavy atom. The van der Waals surface area contributed by atoms with Crippen molar-refractivity contribution in [2.75, 3.05) is 45.2 Å². The highest BCUT2D eigenvalue weighted by molar-refractivity contribution is 7.90. The van der Waals surface area contributed by atoms with E-state index in [-0.39, 0.29) is 5.75 Å². The van der Waals surface area contributed by atoms with E-state index in [1.165, 1.54) is 11.8 Å². The molecule has 104 valence electrons. The molecule has 1 heterocycles. The summed E-state index contributed by atoms with van der Waals surface area (Å²) in [4.78, 5) is 2.04. The maximum Gasteiger partial charge on any atom is 0.148 e. The minimum Gasteiger partial charge on any atom is -0.315 e. The van der Waals surface area contributed by atoms with Crippen LogP contribution in [-0.2, 0) is 16.3 Å². The molecule has 6 heteroatoms. The Morgan fingerprint density at radius 3 is 2.72 bits per heavy atom. The van der Waals surface area contributed by atoms with E-state index in [9.17, 15) is 8.42 Å². The summed E-state index contributed by atoms with van der Waals surface area (Å²) in [7, 11) is -0.895. The largest absolute Gasteiger partial charge is 0.315 e. The summed E-state index contributed by atoms with van der Waals surface area (Å²) in [6.07, 6.45) is 2.33. The van der Waals surface area contributed by atoms with Gasteiger partial charge < -0.3 is 10.2 Å². The van der Waals surface area contributed by atoms with Gasteiger partial charge in [-0.3, -0.25) is 0 Å². The number of rotatable bonds is 9. The van der Waals surface area contributed by atoms with Gasteiger partial charge in [-0.2, -0.15) is 11.3 Å². The smallest absolute Gasteiger partial charge is 0.148 e. The zero-order chi connectivity index (χ0) is 13.4. The second-order valence-electron chi connectivity index (χ2n) is 4.56. The van der Waals surface area contributed by atoms with Crippen molar-refractivity contribution in [2.45, 2.75) is 6.42 Å². The Labute approximate surface area is 114 Å². The third-order valence-electron chi connectivity index (χ3n) is 2.68. The molecule has 0 aliphatic heterocycles. The van der Waals surface area contributed by atoms with Gasteiger partial charge in [0.25, 0.3) is 0 Å². The van der Waals surface area contributed by atoms with Crippen molar-refractivity contribution in [1.82, 2.24) is 10.2 Å². The van der Waals surface area contributed by atoms with E-state index in [2.05, 4.69) is 22.1 Å². The minimum atomic E-state index is -2.84. The molecule has 0 aliphatic carbocycles. The van der Waals surface area contributed by atoms with Crippen molar-refractivity contribution in [2.24, 2.45) is 0 Å². The summed E-state index contributed by atoms with van der Waals surface area (Å²) >= 11 is 1.72. The van der Waals surface area contributed by atoms with Crippen molar-refractivity contribution in [3.05, 3.63) is 22.4 Å². The lowest BCUT2D eigenvalue weighted by molar-refractivity contribution is 0.350. The quantitative estimate of drug-likeness (QED) is 0.685. The van der Waals surface area contributed by atoms with Gasteiger partial charge in [0.05, 0.1) is 5.75 Å². The molecular formula is C12H22N2O2S2. The number of nitrogens with one attached hydrogen (secondary N) is 1. The van der Waals surface area contributed by atoms with Gasteiger partial charge in [0.1, 0.15) is 9.84 Å². The molecule has 4 nitrogen and oxygen atoms in total. The SMILES string of the molecule is CN(CCNCCc1ccsc1)CCS(C)(=O)=O. The first-order valence-electron chi connectivity index (χ1n) is 6.05. The predicted octanol–water partition coefficient (Wildman–Crippen LogP) is 0.857. The molecule has 1 rings (SSSR count). The Morgan fingerprint density at radius 1 is 1.33 bits per heavy atom. The summed E-state index contributed by atoms with van der Waals surface area (Å²) in [5.74, 6) is 0.235. The van der Waals surface area contributed by atoms with Crippen LogP contribution in [0.5, 0.6) is 0 Å². The van der Waals surface area contributed by atoms with Gasteiger partial charge in [0.15, 0.2) is 0 Å². The molecule has 1 aromatic rings. The summed E-state index contributed by atoms with van der Waals surface area (Å²) in [5.41, 5.74) is 1.37. The average molecular weight is 290 g/mol. The van der Waals surface area contributed by atoms with E-state index in [1.54, 1.807) is 11.3 Å². The third kappa shape index (κ3) is 7.81. The van der Waals surface area contributed by atoms with Crippen LogP contribution in [0.1, 0.15) is 5.56 Å². The molecule has 0 aliphatic rings. The molecule has 1 aromatic heterocycles. The molecule has 18 heavy (non-hydrogen) atoms. The van der Waals surface area contributed by atoms with Crippen LogP contribution in [0.15, 0.2) is 16.8 Å². The summed E-state index contributed by atoms with van der Waals surface area (Å²) in [6, 6.07) is 2.14. The molecule has 0 spiro atoms. The zero-order valence-electron chi connectivity index (χ0n) is 11.1. The van der Waals surface area contributed by atoms with Gasteiger partial charge in [-0.15, -0.1) is 0 Å². The lowest BCUT2D eigenvalue weighted by atomic mass is 10.2. The van der Waals surface area contributed by atoms with Crippen LogP contribution in [-0.4, -0.2) is 58.6 Å². The van der Waals surface area contributed by atoms with Gasteiger partial charge in [-0.05, 0) is 42.4 Å². The molecule has 1 N–H and O–H groups in total. The average Bonchev–Trinajstić information content (AvgIpc) is 2.78. The third-order valence-corrected chi connectivity index (χ3v) is 4.34. The first-order chi connectivity index (χ1) is 8.47. The summed E-state index contributed by atoms with van der Waals surface area (Å²) in [6.45, 7) is 3.34. The second-order valence-corrected chi connectivity index (χ2v) is 7.60. The second kappa shape index (κ2) is 7.89. The Bertz CT molecular complexity index is 415. The van der Waals surface area contributed by atoms with E-state index >= 15 is 0 Å². The Balaban J connectivity index is 2.00. The number of sulfone groups is 1. The first kappa shape index (κ1) is 15.6. The van der Waals surface area contributed by atoms with Crippen molar-refractivity contribution in [1.29, 1.82) is 0 Å². The van der Waals surface area contributed by atoms with E-state index in [4.69, 9.17) is 0 Å². The molecule has 0 fully saturated rings. The topological polar surface area (TPSA) is 49.4 Å². The maximum absolute atomic E-state index is 11.0. The summed E-state index contributed by atoms with van der Waals surface area (Å²) in [5, 5.41) is 7.62. The van der Waals surface area contributed by atoms with Crippen LogP contribution in [0, 0.1) is 0 Å². The molecule has 0 radical (unpaired) electrons. The van der Waals surface area contributed by atoms with Gasteiger partial charge in [0.2, 0.25) is 0 Å². The standard InChI is InChI=1S/C12H22N2O2S2/c1-14(8-10-18(2,15)16)7-6-13-5-3-12-4-9-17-11-12/h4,9,11,13H,3,5-8,10H2,1-2H3. The maximum atomic E-state index is 11.0. The van der Waals surface area contributed by atoms with Crippen molar-refractivity contribution < 1.29 is 8.42 Å². The zero-order valence-corrected chi connectivity index (χ0v) is 12.7.